The molecular weight excluding hydrogens is 226 g/mol. The molecule has 0 aliphatic rings. The van der Waals surface area contributed by atoms with Crippen LogP contribution in [0.25, 0.3) is 0 Å². The van der Waals surface area contributed by atoms with Gasteiger partial charge >= 0.3 is 0 Å². The highest BCUT2D eigenvalue weighted by atomic mass is 16.5. The monoisotopic (exact) mass is 243 g/mol. The molecule has 18 heavy (non-hydrogen) atoms. The van der Waals surface area contributed by atoms with Crippen LogP contribution in [0.4, 0.5) is 0 Å². The van der Waals surface area contributed by atoms with Gasteiger partial charge in [-0.2, -0.15) is 5.10 Å². The van der Waals surface area contributed by atoms with E-state index in [-0.39, 0.29) is 0 Å². The summed E-state index contributed by atoms with van der Waals surface area (Å²) in [6.07, 6.45) is 1.62. The Labute approximate surface area is 107 Å². The number of hydrogen-bond acceptors (Lipinski definition) is 4. The van der Waals surface area contributed by atoms with Crippen molar-refractivity contribution in [2.45, 2.75) is 27.3 Å². The van der Waals surface area contributed by atoms with Crippen LogP contribution in [0.2, 0.25) is 0 Å². The molecule has 2 rings (SSSR count). The van der Waals surface area contributed by atoms with E-state index < -0.39 is 0 Å². The summed E-state index contributed by atoms with van der Waals surface area (Å²) in [7, 11) is 0. The fourth-order valence-electron chi connectivity index (χ4n) is 1.77. The van der Waals surface area contributed by atoms with Crippen LogP contribution < -0.4 is 10.5 Å². The first-order chi connectivity index (χ1) is 8.63. The zero-order valence-corrected chi connectivity index (χ0v) is 10.9. The summed E-state index contributed by atoms with van der Waals surface area (Å²) in [5.41, 5.74) is 9.89. The maximum Gasteiger partial charge on any atom is 0.243 e. The van der Waals surface area contributed by atoms with Crippen LogP contribution in [0.15, 0.2) is 24.4 Å². The van der Waals surface area contributed by atoms with E-state index in [0.29, 0.717) is 12.4 Å². The maximum absolute atomic E-state index is 5.89. The fraction of sp³-hybridized carbons (Fsp3) is 0.286. The Hall–Kier alpha value is -1.94. The molecule has 1 heterocycles. The van der Waals surface area contributed by atoms with E-state index in [1.165, 1.54) is 5.56 Å². The molecule has 2 N–H and O–H groups in total. The van der Waals surface area contributed by atoms with Crippen molar-refractivity contribution >= 4 is 0 Å². The number of aromatic nitrogens is 2. The molecule has 2 aromatic rings. The molecule has 0 radical (unpaired) electrons. The standard InChI is InChI=1S/C14H17N3O/c1-9-4-5-10(2)13(11(9)3)18-14-12(8-15)6-7-16-17-14/h4-7H,8,15H2,1-3H3. The first-order valence-electron chi connectivity index (χ1n) is 5.88. The summed E-state index contributed by atoms with van der Waals surface area (Å²) in [5, 5.41) is 7.85. The van der Waals surface area contributed by atoms with E-state index in [1.807, 2.05) is 26.0 Å². The Morgan fingerprint density at radius 2 is 1.83 bits per heavy atom. The smallest absolute Gasteiger partial charge is 0.243 e. The number of ether oxygens (including phenoxy) is 1. The normalized spacial score (nSPS) is 10.4. The summed E-state index contributed by atoms with van der Waals surface area (Å²) in [5.74, 6) is 1.32. The van der Waals surface area contributed by atoms with Gasteiger partial charge in [-0.1, -0.05) is 12.1 Å². The largest absolute Gasteiger partial charge is 0.437 e. The first kappa shape index (κ1) is 12.5. The molecular formula is C14H17N3O. The van der Waals surface area contributed by atoms with Gasteiger partial charge in [-0.05, 0) is 43.5 Å². The summed E-state index contributed by atoms with van der Waals surface area (Å²) in [6, 6.07) is 5.94. The summed E-state index contributed by atoms with van der Waals surface area (Å²) < 4.78 is 5.89. The SMILES string of the molecule is Cc1ccc(C)c(Oc2nnccc2CN)c1C. The molecule has 4 heteroatoms. The third kappa shape index (κ3) is 2.33. The highest BCUT2D eigenvalue weighted by Crippen LogP contribution is 2.30. The van der Waals surface area contributed by atoms with Crippen LogP contribution in [-0.4, -0.2) is 10.2 Å². The molecule has 0 saturated carbocycles. The summed E-state index contributed by atoms with van der Waals surface area (Å²) in [6.45, 7) is 6.49. The minimum atomic E-state index is 0.384. The first-order valence-corrected chi connectivity index (χ1v) is 5.88. The second-order valence-corrected chi connectivity index (χ2v) is 4.32. The number of hydrogen-bond donors (Lipinski definition) is 1. The van der Waals surface area contributed by atoms with Crippen LogP contribution in [0.5, 0.6) is 11.6 Å². The zero-order valence-electron chi connectivity index (χ0n) is 10.9. The molecule has 0 bridgehead atoms. The van der Waals surface area contributed by atoms with Crippen molar-refractivity contribution in [1.29, 1.82) is 0 Å². The third-order valence-corrected chi connectivity index (χ3v) is 3.06. The Kier molecular flexibility index (Phi) is 3.58. The zero-order chi connectivity index (χ0) is 13.1. The van der Waals surface area contributed by atoms with Gasteiger partial charge in [-0.25, -0.2) is 0 Å². The Morgan fingerprint density at radius 3 is 2.56 bits per heavy atom. The Morgan fingerprint density at radius 1 is 1.11 bits per heavy atom. The Bertz CT molecular complexity index is 567. The Balaban J connectivity index is 2.43. The van der Waals surface area contributed by atoms with E-state index in [9.17, 15) is 0 Å². The van der Waals surface area contributed by atoms with E-state index in [4.69, 9.17) is 10.5 Å². The third-order valence-electron chi connectivity index (χ3n) is 3.06. The summed E-state index contributed by atoms with van der Waals surface area (Å²) >= 11 is 0. The van der Waals surface area contributed by atoms with Gasteiger partial charge in [0.15, 0.2) is 0 Å². The van der Waals surface area contributed by atoms with Crippen molar-refractivity contribution in [1.82, 2.24) is 10.2 Å². The lowest BCUT2D eigenvalue weighted by molar-refractivity contribution is 0.441. The molecule has 0 aliphatic carbocycles. The van der Waals surface area contributed by atoms with Crippen molar-refractivity contribution in [2.75, 3.05) is 0 Å². The average molecular weight is 243 g/mol. The summed E-state index contributed by atoms with van der Waals surface area (Å²) in [4.78, 5) is 0. The van der Waals surface area contributed by atoms with Gasteiger partial charge in [0.25, 0.3) is 0 Å². The predicted octanol–water partition coefficient (Wildman–Crippen LogP) is 2.65. The van der Waals surface area contributed by atoms with Crippen LogP contribution in [0, 0.1) is 20.8 Å². The molecule has 94 valence electrons. The lowest BCUT2D eigenvalue weighted by atomic mass is 10.1. The van der Waals surface area contributed by atoms with E-state index in [2.05, 4.69) is 23.2 Å². The van der Waals surface area contributed by atoms with Gasteiger partial charge in [0.2, 0.25) is 5.88 Å². The quantitative estimate of drug-likeness (QED) is 0.900. The highest BCUT2D eigenvalue weighted by Gasteiger charge is 2.11. The number of benzene rings is 1. The number of rotatable bonds is 3. The van der Waals surface area contributed by atoms with Crippen molar-refractivity contribution in [2.24, 2.45) is 5.73 Å². The highest BCUT2D eigenvalue weighted by molar-refractivity contribution is 5.46. The molecule has 0 unspecified atom stereocenters. The fourth-order valence-corrected chi connectivity index (χ4v) is 1.77. The molecule has 0 atom stereocenters. The van der Waals surface area contributed by atoms with Gasteiger partial charge in [-0.15, -0.1) is 5.10 Å². The molecule has 0 spiro atoms. The van der Waals surface area contributed by atoms with Crippen molar-refractivity contribution < 1.29 is 4.74 Å². The second-order valence-electron chi connectivity index (χ2n) is 4.32. The van der Waals surface area contributed by atoms with E-state index >= 15 is 0 Å². The van der Waals surface area contributed by atoms with Gasteiger partial charge in [0.1, 0.15) is 5.75 Å². The molecule has 0 amide bonds. The van der Waals surface area contributed by atoms with Gasteiger partial charge in [-0.3, -0.25) is 0 Å². The van der Waals surface area contributed by atoms with E-state index in [0.717, 1.165) is 22.4 Å². The average Bonchev–Trinajstić information content (AvgIpc) is 2.39. The molecule has 4 nitrogen and oxygen atoms in total. The van der Waals surface area contributed by atoms with Crippen molar-refractivity contribution in [3.05, 3.63) is 46.6 Å². The van der Waals surface area contributed by atoms with Crippen LogP contribution in [0.1, 0.15) is 22.3 Å². The number of aryl methyl sites for hydroxylation is 2. The second kappa shape index (κ2) is 5.14. The molecule has 0 saturated heterocycles. The topological polar surface area (TPSA) is 61.0 Å². The van der Waals surface area contributed by atoms with Crippen LogP contribution in [-0.2, 0) is 6.54 Å². The van der Waals surface area contributed by atoms with Gasteiger partial charge < -0.3 is 10.5 Å². The molecule has 1 aromatic heterocycles. The minimum absolute atomic E-state index is 0.384. The number of nitrogens with two attached hydrogens (primary N) is 1. The lowest BCUT2D eigenvalue weighted by Crippen LogP contribution is -2.03. The van der Waals surface area contributed by atoms with Crippen molar-refractivity contribution in [3.8, 4) is 11.6 Å². The molecule has 0 aliphatic heterocycles. The van der Waals surface area contributed by atoms with Crippen LogP contribution >= 0.6 is 0 Å². The van der Waals surface area contributed by atoms with Crippen molar-refractivity contribution in [3.63, 3.8) is 0 Å². The lowest BCUT2D eigenvalue weighted by Gasteiger charge is -2.14. The molecule has 0 fully saturated rings. The molecule has 1 aromatic carbocycles. The van der Waals surface area contributed by atoms with Gasteiger partial charge in [0.05, 0.1) is 6.20 Å². The van der Waals surface area contributed by atoms with E-state index in [1.54, 1.807) is 6.20 Å². The van der Waals surface area contributed by atoms with Crippen LogP contribution in [0.3, 0.4) is 0 Å². The van der Waals surface area contributed by atoms with Gasteiger partial charge in [0, 0.05) is 12.1 Å². The number of nitrogens with zero attached hydrogens (tertiary/aromatic N) is 2. The predicted molar refractivity (Wildman–Crippen MR) is 70.7 cm³/mol. The maximum atomic E-state index is 5.89. The minimum Gasteiger partial charge on any atom is -0.437 e.